The van der Waals surface area contributed by atoms with E-state index in [-0.39, 0.29) is 11.9 Å². The highest BCUT2D eigenvalue weighted by atomic mass is 35.5. The average Bonchev–Trinajstić information content (AvgIpc) is 2.92. The maximum atomic E-state index is 12.6. The molecular formula is C14H17ClN2O2S. The fourth-order valence-electron chi connectivity index (χ4n) is 2.50. The molecule has 1 amide bonds. The van der Waals surface area contributed by atoms with Crippen molar-refractivity contribution < 1.29 is 9.63 Å². The molecule has 1 saturated carbocycles. The minimum absolute atomic E-state index is 0.0592. The van der Waals surface area contributed by atoms with Crippen LogP contribution < -0.4 is 0 Å². The summed E-state index contributed by atoms with van der Waals surface area (Å²) in [6.07, 6.45) is 2.26. The van der Waals surface area contributed by atoms with Crippen molar-refractivity contribution in [3.05, 3.63) is 21.3 Å². The molecule has 108 valence electrons. The second-order valence-corrected chi connectivity index (χ2v) is 7.23. The van der Waals surface area contributed by atoms with Gasteiger partial charge in [0.05, 0.1) is 9.21 Å². The van der Waals surface area contributed by atoms with E-state index in [0.717, 1.165) is 27.8 Å². The van der Waals surface area contributed by atoms with Gasteiger partial charge in [0.25, 0.3) is 5.91 Å². The number of rotatable bonds is 4. The number of carbonyl (C=O) groups excluding carboxylic acids is 1. The molecule has 0 saturated heterocycles. The predicted molar refractivity (Wildman–Crippen MR) is 80.4 cm³/mol. The smallest absolute Gasteiger partial charge is 0.267 e. The van der Waals surface area contributed by atoms with Gasteiger partial charge in [0, 0.05) is 18.5 Å². The monoisotopic (exact) mass is 312 g/mol. The fraction of sp³-hybridized carbons (Fsp3) is 0.571. The van der Waals surface area contributed by atoms with Gasteiger partial charge in [-0.15, -0.1) is 11.3 Å². The largest absolute Gasteiger partial charge is 0.382 e. The first-order valence-corrected chi connectivity index (χ1v) is 8.06. The van der Waals surface area contributed by atoms with E-state index in [1.165, 1.54) is 11.3 Å². The van der Waals surface area contributed by atoms with Crippen molar-refractivity contribution >= 4 is 34.6 Å². The highest BCUT2D eigenvalue weighted by molar-refractivity contribution is 7.18. The quantitative estimate of drug-likeness (QED) is 0.856. The third kappa shape index (κ3) is 2.69. The molecule has 1 atom stereocenters. The lowest BCUT2D eigenvalue weighted by atomic mass is 10.1. The van der Waals surface area contributed by atoms with E-state index >= 15 is 0 Å². The Morgan fingerprint density at radius 2 is 2.25 bits per heavy atom. The second-order valence-electron chi connectivity index (χ2n) is 5.51. The molecule has 20 heavy (non-hydrogen) atoms. The van der Waals surface area contributed by atoms with Gasteiger partial charge in [-0.25, -0.2) is 0 Å². The number of amides is 1. The van der Waals surface area contributed by atoms with Crippen LogP contribution in [0.3, 0.4) is 0 Å². The van der Waals surface area contributed by atoms with Crippen LogP contribution >= 0.6 is 22.9 Å². The maximum absolute atomic E-state index is 12.6. The Hall–Kier alpha value is -1.07. The summed E-state index contributed by atoms with van der Waals surface area (Å²) < 4.78 is 0.722. The lowest BCUT2D eigenvalue weighted by molar-refractivity contribution is -0.144. The molecule has 0 N–H and O–H groups in total. The summed E-state index contributed by atoms with van der Waals surface area (Å²) >= 11 is 7.39. The van der Waals surface area contributed by atoms with Crippen molar-refractivity contribution in [2.75, 3.05) is 0 Å². The predicted octanol–water partition coefficient (Wildman–Crippen LogP) is 3.29. The van der Waals surface area contributed by atoms with Crippen LogP contribution in [0.5, 0.6) is 0 Å². The second kappa shape index (κ2) is 5.37. The molecule has 4 nitrogen and oxygen atoms in total. The van der Waals surface area contributed by atoms with Gasteiger partial charge in [-0.1, -0.05) is 16.8 Å². The van der Waals surface area contributed by atoms with Gasteiger partial charge in [0.2, 0.25) is 6.10 Å². The molecule has 1 aromatic heterocycles. The Morgan fingerprint density at radius 1 is 1.50 bits per heavy atom. The SMILES string of the molecule is CC(C)N(C(=O)[C@H]1CC(c2ccc(Cl)s2)=NO1)C1CC1. The van der Waals surface area contributed by atoms with Gasteiger partial charge >= 0.3 is 0 Å². The summed E-state index contributed by atoms with van der Waals surface area (Å²) in [5.74, 6) is 0.0592. The average molecular weight is 313 g/mol. The number of oxime groups is 1. The van der Waals surface area contributed by atoms with Crippen LogP contribution in [0.4, 0.5) is 0 Å². The topological polar surface area (TPSA) is 41.9 Å². The molecule has 2 aliphatic rings. The Kier molecular flexibility index (Phi) is 3.73. The third-order valence-electron chi connectivity index (χ3n) is 3.55. The molecule has 3 rings (SSSR count). The summed E-state index contributed by atoms with van der Waals surface area (Å²) in [5, 5.41) is 4.06. The normalized spacial score (nSPS) is 21.8. The lowest BCUT2D eigenvalue weighted by Gasteiger charge is -2.28. The summed E-state index contributed by atoms with van der Waals surface area (Å²) in [4.78, 5) is 20.8. The number of hydrogen-bond donors (Lipinski definition) is 0. The number of nitrogens with zero attached hydrogens (tertiary/aromatic N) is 2. The molecule has 0 bridgehead atoms. The molecule has 1 aliphatic heterocycles. The summed E-state index contributed by atoms with van der Waals surface area (Å²) in [6.45, 7) is 4.10. The van der Waals surface area contributed by atoms with Gasteiger partial charge < -0.3 is 9.74 Å². The third-order valence-corrected chi connectivity index (χ3v) is 4.83. The number of hydrogen-bond acceptors (Lipinski definition) is 4. The van der Waals surface area contributed by atoms with E-state index in [1.807, 2.05) is 30.9 Å². The van der Waals surface area contributed by atoms with Crippen LogP contribution in [-0.4, -0.2) is 34.7 Å². The summed E-state index contributed by atoms with van der Waals surface area (Å²) in [7, 11) is 0. The molecule has 1 fully saturated rings. The van der Waals surface area contributed by atoms with Crippen LogP contribution in [-0.2, 0) is 9.63 Å². The van der Waals surface area contributed by atoms with Gasteiger partial charge in [-0.2, -0.15) is 0 Å². The van der Waals surface area contributed by atoms with Crippen LogP contribution in [0.1, 0.15) is 38.0 Å². The summed E-state index contributed by atoms with van der Waals surface area (Å²) in [5.41, 5.74) is 0.819. The molecule has 1 aromatic rings. The van der Waals surface area contributed by atoms with Gasteiger partial charge in [0.15, 0.2) is 0 Å². The maximum Gasteiger partial charge on any atom is 0.267 e. The molecule has 0 radical (unpaired) electrons. The van der Waals surface area contributed by atoms with Crippen LogP contribution in [0.15, 0.2) is 17.3 Å². The molecular weight excluding hydrogens is 296 g/mol. The van der Waals surface area contributed by atoms with E-state index in [9.17, 15) is 4.79 Å². The Labute approximate surface area is 127 Å². The Balaban J connectivity index is 1.67. The Bertz CT molecular complexity index is 549. The first-order chi connectivity index (χ1) is 9.56. The van der Waals surface area contributed by atoms with E-state index in [1.54, 1.807) is 0 Å². The number of halogens is 1. The van der Waals surface area contributed by atoms with Crippen molar-refractivity contribution in [3.63, 3.8) is 0 Å². The molecule has 0 unspecified atom stereocenters. The van der Waals surface area contributed by atoms with E-state index in [4.69, 9.17) is 16.4 Å². The zero-order valence-electron chi connectivity index (χ0n) is 11.5. The van der Waals surface area contributed by atoms with E-state index < -0.39 is 6.10 Å². The molecule has 6 heteroatoms. The van der Waals surface area contributed by atoms with Crippen molar-refractivity contribution in [3.8, 4) is 0 Å². The molecule has 0 spiro atoms. The van der Waals surface area contributed by atoms with Crippen LogP contribution in [0, 0.1) is 0 Å². The fourth-order valence-corrected chi connectivity index (χ4v) is 3.53. The van der Waals surface area contributed by atoms with Crippen molar-refractivity contribution in [2.45, 2.75) is 51.3 Å². The van der Waals surface area contributed by atoms with E-state index in [0.29, 0.717) is 12.5 Å². The number of thiophene rings is 1. The van der Waals surface area contributed by atoms with Gasteiger partial charge in [-0.3, -0.25) is 4.79 Å². The van der Waals surface area contributed by atoms with E-state index in [2.05, 4.69) is 5.16 Å². The zero-order valence-corrected chi connectivity index (χ0v) is 13.1. The summed E-state index contributed by atoms with van der Waals surface area (Å²) in [6, 6.07) is 4.36. The standard InChI is InChI=1S/C14H17ClN2O2S/c1-8(2)17(9-3-4-9)14(18)11-7-10(16-19-11)12-5-6-13(15)20-12/h5-6,8-9,11H,3-4,7H2,1-2H3/t11-/m1/s1. The minimum atomic E-state index is -0.478. The minimum Gasteiger partial charge on any atom is -0.382 e. The highest BCUT2D eigenvalue weighted by Gasteiger charge is 2.40. The van der Waals surface area contributed by atoms with Crippen molar-refractivity contribution in [1.29, 1.82) is 0 Å². The molecule has 1 aliphatic carbocycles. The first kappa shape index (κ1) is 13.9. The van der Waals surface area contributed by atoms with Crippen molar-refractivity contribution in [1.82, 2.24) is 4.90 Å². The first-order valence-electron chi connectivity index (χ1n) is 6.87. The van der Waals surface area contributed by atoms with Crippen LogP contribution in [0.2, 0.25) is 4.34 Å². The molecule has 2 heterocycles. The van der Waals surface area contributed by atoms with Crippen molar-refractivity contribution in [2.24, 2.45) is 5.16 Å². The van der Waals surface area contributed by atoms with Gasteiger partial charge in [-0.05, 0) is 38.8 Å². The van der Waals surface area contributed by atoms with Crippen LogP contribution in [0.25, 0.3) is 0 Å². The Morgan fingerprint density at radius 3 is 2.80 bits per heavy atom. The number of carbonyl (C=O) groups is 1. The highest BCUT2D eigenvalue weighted by Crippen LogP contribution is 2.32. The lowest BCUT2D eigenvalue weighted by Crippen LogP contribution is -2.44. The zero-order chi connectivity index (χ0) is 14.3. The van der Waals surface area contributed by atoms with Gasteiger partial charge in [0.1, 0.15) is 5.71 Å². The molecule has 0 aromatic carbocycles.